The molecule has 1 atom stereocenters. The number of aromatic nitrogens is 5. The van der Waals surface area contributed by atoms with E-state index < -0.39 is 5.97 Å². The Hall–Kier alpha value is -3.46. The van der Waals surface area contributed by atoms with Gasteiger partial charge in [0.15, 0.2) is 5.65 Å². The molecule has 1 aliphatic rings. The monoisotopic (exact) mass is 420 g/mol. The summed E-state index contributed by atoms with van der Waals surface area (Å²) in [4.78, 5) is 21.8. The number of nitrogens with one attached hydrogen (secondary N) is 1. The number of fused-ring (bicyclic) bond motifs is 2. The first-order chi connectivity index (χ1) is 15.2. The predicted octanol–water partition coefficient (Wildman–Crippen LogP) is 3.66. The Kier molecular flexibility index (Phi) is 5.03. The number of carbonyl (C=O) groups is 1. The van der Waals surface area contributed by atoms with Crippen LogP contribution >= 0.6 is 0 Å². The minimum absolute atomic E-state index is 0.0440. The van der Waals surface area contributed by atoms with Gasteiger partial charge < -0.3 is 19.4 Å². The van der Waals surface area contributed by atoms with Crippen molar-refractivity contribution in [2.45, 2.75) is 32.4 Å². The highest BCUT2D eigenvalue weighted by Gasteiger charge is 2.23. The maximum Gasteiger partial charge on any atom is 0.343 e. The van der Waals surface area contributed by atoms with E-state index >= 15 is 0 Å². The van der Waals surface area contributed by atoms with E-state index in [4.69, 9.17) is 14.5 Å². The average molecular weight is 420 g/mol. The number of esters is 1. The van der Waals surface area contributed by atoms with Gasteiger partial charge >= 0.3 is 5.97 Å². The number of hydrogen-bond donors (Lipinski definition) is 1. The number of pyridine rings is 1. The molecule has 5 heterocycles. The summed E-state index contributed by atoms with van der Waals surface area (Å²) < 4.78 is 14.9. The van der Waals surface area contributed by atoms with E-state index in [0.29, 0.717) is 17.0 Å². The van der Waals surface area contributed by atoms with Crippen LogP contribution in [0.2, 0.25) is 0 Å². The molecule has 4 aromatic heterocycles. The van der Waals surface area contributed by atoms with Crippen molar-refractivity contribution in [3.63, 3.8) is 0 Å². The second kappa shape index (κ2) is 7.99. The highest BCUT2D eigenvalue weighted by molar-refractivity contribution is 5.98. The number of rotatable bonds is 5. The third-order valence-electron chi connectivity index (χ3n) is 5.55. The van der Waals surface area contributed by atoms with Gasteiger partial charge in [-0.3, -0.25) is 0 Å². The van der Waals surface area contributed by atoms with Crippen molar-refractivity contribution in [1.82, 2.24) is 24.1 Å². The van der Waals surface area contributed by atoms with Crippen molar-refractivity contribution in [1.29, 1.82) is 0 Å². The number of anilines is 1. The fourth-order valence-corrected chi connectivity index (χ4v) is 4.08. The van der Waals surface area contributed by atoms with Crippen LogP contribution in [0.25, 0.3) is 27.9 Å². The van der Waals surface area contributed by atoms with Crippen molar-refractivity contribution < 1.29 is 14.3 Å². The summed E-state index contributed by atoms with van der Waals surface area (Å²) >= 11 is 0. The maximum atomic E-state index is 12.4. The van der Waals surface area contributed by atoms with Crippen LogP contribution in [0.4, 0.5) is 5.82 Å². The Bertz CT molecular complexity index is 1260. The molecule has 0 radical (unpaired) electrons. The van der Waals surface area contributed by atoms with E-state index in [0.717, 1.165) is 48.2 Å². The van der Waals surface area contributed by atoms with E-state index in [9.17, 15) is 4.79 Å². The summed E-state index contributed by atoms with van der Waals surface area (Å²) in [6.45, 7) is 2.81. The first-order valence-corrected chi connectivity index (χ1v) is 10.5. The van der Waals surface area contributed by atoms with Crippen LogP contribution in [0.15, 0.2) is 36.8 Å². The topological polar surface area (TPSA) is 95.6 Å². The van der Waals surface area contributed by atoms with Gasteiger partial charge in [-0.1, -0.05) is 0 Å². The standard InChI is InChI=1S/C22H24N6O3/c1-3-30-22(29)15-12-25-28-18(23-2)11-17(26-21(15)28)16-13-27(19-8-4-5-10-31-19)20-14(16)7-6-9-24-20/h6-7,9,11-13,19,23H,3-5,8,10H2,1-2H3/t19-/m0/s1. The number of nitrogens with zero attached hydrogens (tertiary/aromatic N) is 5. The summed E-state index contributed by atoms with van der Waals surface area (Å²) in [5, 5.41) is 8.45. The van der Waals surface area contributed by atoms with Gasteiger partial charge in [-0.25, -0.2) is 14.8 Å². The molecular formula is C22H24N6O3. The van der Waals surface area contributed by atoms with Gasteiger partial charge in [-0.15, -0.1) is 0 Å². The lowest BCUT2D eigenvalue weighted by atomic mass is 10.1. The third kappa shape index (κ3) is 3.31. The number of hydrogen-bond acceptors (Lipinski definition) is 7. The molecular weight excluding hydrogens is 396 g/mol. The lowest BCUT2D eigenvalue weighted by Crippen LogP contribution is -2.17. The summed E-state index contributed by atoms with van der Waals surface area (Å²) in [6.07, 6.45) is 8.44. The molecule has 9 nitrogen and oxygen atoms in total. The minimum Gasteiger partial charge on any atom is -0.462 e. The van der Waals surface area contributed by atoms with Gasteiger partial charge in [0.2, 0.25) is 0 Å². The van der Waals surface area contributed by atoms with Crippen LogP contribution in [-0.4, -0.2) is 50.4 Å². The molecule has 0 bridgehead atoms. The fourth-order valence-electron chi connectivity index (χ4n) is 4.08. The lowest BCUT2D eigenvalue weighted by molar-refractivity contribution is -0.0294. The number of carbonyl (C=O) groups excluding carboxylic acids is 1. The molecule has 9 heteroatoms. The Morgan fingerprint density at radius 3 is 3.03 bits per heavy atom. The highest BCUT2D eigenvalue weighted by Crippen LogP contribution is 2.35. The van der Waals surface area contributed by atoms with Crippen LogP contribution in [0.5, 0.6) is 0 Å². The smallest absolute Gasteiger partial charge is 0.343 e. The molecule has 1 N–H and O–H groups in total. The van der Waals surface area contributed by atoms with Gasteiger partial charge in [-0.2, -0.15) is 9.61 Å². The third-order valence-corrected chi connectivity index (χ3v) is 5.55. The van der Waals surface area contributed by atoms with E-state index in [1.54, 1.807) is 17.6 Å². The molecule has 31 heavy (non-hydrogen) atoms. The van der Waals surface area contributed by atoms with Gasteiger partial charge in [0.25, 0.3) is 0 Å². The highest BCUT2D eigenvalue weighted by atomic mass is 16.5. The molecule has 1 aliphatic heterocycles. The van der Waals surface area contributed by atoms with Crippen LogP contribution in [0.1, 0.15) is 42.8 Å². The second-order valence-corrected chi connectivity index (χ2v) is 7.44. The van der Waals surface area contributed by atoms with Crippen molar-refractivity contribution in [2.75, 3.05) is 25.6 Å². The molecule has 1 saturated heterocycles. The molecule has 0 aromatic carbocycles. The van der Waals surface area contributed by atoms with E-state index in [2.05, 4.69) is 20.0 Å². The van der Waals surface area contributed by atoms with Gasteiger partial charge in [0.05, 0.1) is 18.5 Å². The van der Waals surface area contributed by atoms with Crippen LogP contribution in [0, 0.1) is 0 Å². The molecule has 0 saturated carbocycles. The zero-order chi connectivity index (χ0) is 21.4. The van der Waals surface area contributed by atoms with E-state index in [-0.39, 0.29) is 12.8 Å². The Labute approximate surface area is 179 Å². The SMILES string of the molecule is CCOC(=O)c1cnn2c(NC)cc(-c3cn([C@@H]4CCCCO4)c4ncccc34)nc12. The second-order valence-electron chi connectivity index (χ2n) is 7.44. The lowest BCUT2D eigenvalue weighted by Gasteiger charge is -2.24. The Morgan fingerprint density at radius 2 is 2.26 bits per heavy atom. The molecule has 0 spiro atoms. The fraction of sp³-hybridized carbons (Fsp3) is 0.364. The summed E-state index contributed by atoms with van der Waals surface area (Å²) in [6, 6.07) is 5.87. The van der Waals surface area contributed by atoms with Crippen LogP contribution in [0.3, 0.4) is 0 Å². The largest absolute Gasteiger partial charge is 0.462 e. The van der Waals surface area contributed by atoms with Crippen LogP contribution in [-0.2, 0) is 9.47 Å². The molecule has 5 rings (SSSR count). The summed E-state index contributed by atoms with van der Waals surface area (Å²) in [7, 11) is 1.81. The molecule has 0 amide bonds. The Morgan fingerprint density at radius 1 is 1.35 bits per heavy atom. The van der Waals surface area contributed by atoms with Gasteiger partial charge in [0, 0.05) is 43.1 Å². The first-order valence-electron chi connectivity index (χ1n) is 10.5. The molecule has 0 unspecified atom stereocenters. The Balaban J connectivity index is 1.70. The maximum absolute atomic E-state index is 12.4. The van der Waals surface area contributed by atoms with Gasteiger partial charge in [-0.05, 0) is 38.3 Å². The van der Waals surface area contributed by atoms with Crippen molar-refractivity contribution in [3.8, 4) is 11.3 Å². The van der Waals surface area contributed by atoms with Gasteiger partial charge in [0.1, 0.15) is 23.3 Å². The molecule has 0 aliphatic carbocycles. The normalized spacial score (nSPS) is 16.6. The predicted molar refractivity (Wildman–Crippen MR) is 116 cm³/mol. The zero-order valence-electron chi connectivity index (χ0n) is 17.5. The average Bonchev–Trinajstić information content (AvgIpc) is 3.41. The molecule has 160 valence electrons. The van der Waals surface area contributed by atoms with E-state index in [1.165, 1.54) is 6.20 Å². The van der Waals surface area contributed by atoms with Crippen molar-refractivity contribution in [3.05, 3.63) is 42.4 Å². The van der Waals surface area contributed by atoms with Crippen molar-refractivity contribution >= 4 is 28.5 Å². The minimum atomic E-state index is -0.441. The molecule has 1 fully saturated rings. The first kappa shape index (κ1) is 19.5. The quantitative estimate of drug-likeness (QED) is 0.492. The van der Waals surface area contributed by atoms with E-state index in [1.807, 2.05) is 31.4 Å². The molecule has 4 aromatic rings. The summed E-state index contributed by atoms with van der Waals surface area (Å²) in [5.74, 6) is 0.276. The number of ether oxygens (including phenoxy) is 2. The summed E-state index contributed by atoms with van der Waals surface area (Å²) in [5.41, 5.74) is 3.27. The zero-order valence-corrected chi connectivity index (χ0v) is 17.5. The van der Waals surface area contributed by atoms with Crippen LogP contribution < -0.4 is 5.32 Å². The van der Waals surface area contributed by atoms with Crippen molar-refractivity contribution in [2.24, 2.45) is 0 Å².